The molecule has 0 radical (unpaired) electrons. The van der Waals surface area contributed by atoms with Crippen molar-refractivity contribution in [2.45, 2.75) is 20.8 Å². The first-order valence-electron chi connectivity index (χ1n) is 7.71. The summed E-state index contributed by atoms with van der Waals surface area (Å²) in [6, 6.07) is 14.2. The highest BCUT2D eigenvalue weighted by Crippen LogP contribution is 2.21. The summed E-state index contributed by atoms with van der Waals surface area (Å²) < 4.78 is 13.0. The zero-order valence-corrected chi connectivity index (χ0v) is 13.9. The zero-order chi connectivity index (χ0) is 17.1. The van der Waals surface area contributed by atoms with Gasteiger partial charge >= 0.3 is 0 Å². The molecule has 0 spiro atoms. The Morgan fingerprint density at radius 3 is 2.08 bits per heavy atom. The summed E-state index contributed by atoms with van der Waals surface area (Å²) in [5.41, 5.74) is 4.91. The van der Waals surface area contributed by atoms with Crippen LogP contribution in [0.2, 0.25) is 0 Å². The average Bonchev–Trinajstić information content (AvgIpc) is 2.48. The van der Waals surface area contributed by atoms with Gasteiger partial charge in [0.05, 0.1) is 0 Å². The Morgan fingerprint density at radius 2 is 1.42 bits per heavy atom. The lowest BCUT2D eigenvalue weighted by atomic mass is 10.1. The molecule has 24 heavy (non-hydrogen) atoms. The number of hydrogen-bond donors (Lipinski definition) is 2. The second-order valence-electron chi connectivity index (χ2n) is 5.85. The van der Waals surface area contributed by atoms with Crippen molar-refractivity contribution in [3.8, 4) is 0 Å². The van der Waals surface area contributed by atoms with Crippen LogP contribution in [0.25, 0.3) is 0 Å². The monoisotopic (exact) mass is 322 g/mol. The van der Waals surface area contributed by atoms with Gasteiger partial charge in [0.25, 0.3) is 0 Å². The van der Waals surface area contributed by atoms with E-state index in [0.29, 0.717) is 11.8 Å². The van der Waals surface area contributed by atoms with Gasteiger partial charge in [-0.15, -0.1) is 0 Å². The van der Waals surface area contributed by atoms with Crippen molar-refractivity contribution < 1.29 is 4.39 Å². The highest BCUT2D eigenvalue weighted by atomic mass is 19.1. The Hall–Kier alpha value is -2.95. The number of benzene rings is 2. The van der Waals surface area contributed by atoms with Crippen LogP contribution in [-0.4, -0.2) is 9.97 Å². The van der Waals surface area contributed by atoms with Gasteiger partial charge in [0.2, 0.25) is 5.95 Å². The van der Waals surface area contributed by atoms with Gasteiger partial charge in [-0.1, -0.05) is 6.07 Å². The van der Waals surface area contributed by atoms with E-state index in [0.717, 1.165) is 17.1 Å². The van der Waals surface area contributed by atoms with Gasteiger partial charge in [0.15, 0.2) is 0 Å². The first kappa shape index (κ1) is 15.9. The summed E-state index contributed by atoms with van der Waals surface area (Å²) in [5.74, 6) is 0.905. The van der Waals surface area contributed by atoms with E-state index in [4.69, 9.17) is 0 Å². The Kier molecular flexibility index (Phi) is 4.42. The molecule has 122 valence electrons. The Bertz CT molecular complexity index is 839. The zero-order valence-electron chi connectivity index (χ0n) is 13.9. The quantitative estimate of drug-likeness (QED) is 0.707. The molecule has 5 heteroatoms. The number of hydrogen-bond acceptors (Lipinski definition) is 4. The SMILES string of the molecule is Cc1cc(C)cc(Nc2nc(C)cc(Nc3ccc(F)cc3)n2)c1. The molecule has 2 aromatic carbocycles. The van der Waals surface area contributed by atoms with Crippen molar-refractivity contribution >= 4 is 23.1 Å². The van der Waals surface area contributed by atoms with E-state index in [9.17, 15) is 4.39 Å². The summed E-state index contributed by atoms with van der Waals surface area (Å²) in [4.78, 5) is 8.90. The van der Waals surface area contributed by atoms with Crippen LogP contribution in [0.1, 0.15) is 16.8 Å². The van der Waals surface area contributed by atoms with E-state index in [1.165, 1.54) is 23.3 Å². The van der Waals surface area contributed by atoms with Crippen LogP contribution < -0.4 is 10.6 Å². The topological polar surface area (TPSA) is 49.8 Å². The first-order valence-corrected chi connectivity index (χ1v) is 7.71. The largest absolute Gasteiger partial charge is 0.340 e. The summed E-state index contributed by atoms with van der Waals surface area (Å²) >= 11 is 0. The molecule has 0 unspecified atom stereocenters. The number of aryl methyl sites for hydroxylation is 3. The lowest BCUT2D eigenvalue weighted by Gasteiger charge is -2.11. The number of rotatable bonds is 4. The van der Waals surface area contributed by atoms with Gasteiger partial charge in [-0.05, 0) is 68.3 Å². The molecule has 0 bridgehead atoms. The molecule has 0 aliphatic rings. The van der Waals surface area contributed by atoms with Crippen molar-refractivity contribution in [2.24, 2.45) is 0 Å². The van der Waals surface area contributed by atoms with Gasteiger partial charge in [-0.2, -0.15) is 4.98 Å². The lowest BCUT2D eigenvalue weighted by molar-refractivity contribution is 0.628. The third-order valence-corrected chi connectivity index (χ3v) is 3.45. The first-order chi connectivity index (χ1) is 11.5. The fourth-order valence-electron chi connectivity index (χ4n) is 2.55. The third kappa shape index (κ3) is 4.07. The maximum atomic E-state index is 13.0. The number of nitrogens with zero attached hydrogens (tertiary/aromatic N) is 2. The molecule has 4 nitrogen and oxygen atoms in total. The van der Waals surface area contributed by atoms with Crippen molar-refractivity contribution in [3.63, 3.8) is 0 Å². The minimum atomic E-state index is -0.267. The average molecular weight is 322 g/mol. The van der Waals surface area contributed by atoms with Crippen LogP contribution in [0.3, 0.4) is 0 Å². The fourth-order valence-corrected chi connectivity index (χ4v) is 2.55. The van der Waals surface area contributed by atoms with E-state index in [1.807, 2.05) is 25.1 Å². The maximum Gasteiger partial charge on any atom is 0.229 e. The lowest BCUT2D eigenvalue weighted by Crippen LogP contribution is -2.02. The number of nitrogens with one attached hydrogen (secondary N) is 2. The minimum absolute atomic E-state index is 0.267. The van der Waals surface area contributed by atoms with Crippen molar-refractivity contribution in [2.75, 3.05) is 10.6 Å². The van der Waals surface area contributed by atoms with Crippen LogP contribution in [0.5, 0.6) is 0 Å². The summed E-state index contributed by atoms with van der Waals surface area (Å²) in [7, 11) is 0. The van der Waals surface area contributed by atoms with Gasteiger partial charge < -0.3 is 10.6 Å². The molecule has 2 N–H and O–H groups in total. The predicted molar refractivity (Wildman–Crippen MR) is 95.7 cm³/mol. The molecular formula is C19H19FN4. The molecule has 0 fully saturated rings. The van der Waals surface area contributed by atoms with Gasteiger partial charge in [0, 0.05) is 23.1 Å². The fraction of sp³-hybridized carbons (Fsp3) is 0.158. The number of aromatic nitrogens is 2. The van der Waals surface area contributed by atoms with Gasteiger partial charge in [0.1, 0.15) is 11.6 Å². The van der Waals surface area contributed by atoms with Crippen LogP contribution >= 0.6 is 0 Å². The van der Waals surface area contributed by atoms with Crippen LogP contribution in [-0.2, 0) is 0 Å². The van der Waals surface area contributed by atoms with Crippen molar-refractivity contribution in [1.82, 2.24) is 9.97 Å². The second-order valence-corrected chi connectivity index (χ2v) is 5.85. The Morgan fingerprint density at radius 1 is 0.750 bits per heavy atom. The van der Waals surface area contributed by atoms with Crippen molar-refractivity contribution in [1.29, 1.82) is 0 Å². The minimum Gasteiger partial charge on any atom is -0.340 e. The molecule has 0 amide bonds. The Labute approximate surface area is 140 Å². The molecule has 1 heterocycles. The van der Waals surface area contributed by atoms with E-state index < -0.39 is 0 Å². The van der Waals surface area contributed by atoms with Gasteiger partial charge in [-0.25, -0.2) is 9.37 Å². The normalized spacial score (nSPS) is 10.5. The molecule has 0 atom stereocenters. The standard InChI is InChI=1S/C19H19FN4/c1-12-8-13(2)10-17(9-12)23-19-21-14(3)11-18(24-19)22-16-6-4-15(20)5-7-16/h4-11H,1-3H3,(H2,21,22,23,24). The Balaban J connectivity index is 1.84. The van der Waals surface area contributed by atoms with Crippen LogP contribution in [0.4, 0.5) is 27.5 Å². The highest BCUT2D eigenvalue weighted by Gasteiger charge is 2.05. The molecule has 0 aliphatic heterocycles. The van der Waals surface area contributed by atoms with Crippen molar-refractivity contribution in [3.05, 3.63) is 71.2 Å². The van der Waals surface area contributed by atoms with E-state index >= 15 is 0 Å². The molecule has 3 aromatic rings. The van der Waals surface area contributed by atoms with Gasteiger partial charge in [-0.3, -0.25) is 0 Å². The van der Waals surface area contributed by atoms with E-state index in [-0.39, 0.29) is 5.82 Å². The second kappa shape index (κ2) is 6.66. The van der Waals surface area contributed by atoms with E-state index in [1.54, 1.807) is 12.1 Å². The summed E-state index contributed by atoms with van der Waals surface area (Å²) in [5, 5.41) is 6.40. The molecule has 0 saturated heterocycles. The van der Waals surface area contributed by atoms with E-state index in [2.05, 4.69) is 40.5 Å². The molecule has 0 saturated carbocycles. The summed E-state index contributed by atoms with van der Waals surface area (Å²) in [6.07, 6.45) is 0. The smallest absolute Gasteiger partial charge is 0.229 e. The number of anilines is 4. The van der Waals surface area contributed by atoms with Crippen LogP contribution in [0.15, 0.2) is 48.5 Å². The summed E-state index contributed by atoms with van der Waals surface area (Å²) in [6.45, 7) is 6.01. The number of halogens is 1. The highest BCUT2D eigenvalue weighted by molar-refractivity contribution is 5.61. The maximum absolute atomic E-state index is 13.0. The molecule has 1 aromatic heterocycles. The predicted octanol–water partition coefficient (Wildman–Crippen LogP) is 5.03. The molecule has 3 rings (SSSR count). The molecule has 0 aliphatic carbocycles. The van der Waals surface area contributed by atoms with Crippen LogP contribution in [0, 0.1) is 26.6 Å². The third-order valence-electron chi connectivity index (χ3n) is 3.45. The molecular weight excluding hydrogens is 303 g/mol.